The Balaban J connectivity index is 2.24. The lowest BCUT2D eigenvalue weighted by Gasteiger charge is -2.35. The fraction of sp³-hybridized carbons (Fsp3) is 0.750. The first-order valence-corrected chi connectivity index (χ1v) is 8.55. The lowest BCUT2D eigenvalue weighted by Crippen LogP contribution is -2.72. The summed E-state index contributed by atoms with van der Waals surface area (Å²) in [6.45, 7) is 7.44. The minimum absolute atomic E-state index is 0.0389. The number of hydrogen-bond donors (Lipinski definition) is 0. The van der Waals surface area contributed by atoms with Crippen molar-refractivity contribution in [3.8, 4) is 0 Å². The van der Waals surface area contributed by atoms with Crippen LogP contribution >= 0.6 is 0 Å². The standard InChI is InChI=1S/C12H20N4O4S/c1-9(2)11(17)13-10-7-16(14-20-10)15-5-6-21(18,19)8-12(15,3)4/h7,9H,5-6,8H2,1-4H3. The van der Waals surface area contributed by atoms with Crippen molar-refractivity contribution in [1.29, 1.82) is 0 Å². The molecule has 1 saturated heterocycles. The van der Waals surface area contributed by atoms with Gasteiger partial charge in [0.05, 0.1) is 22.8 Å². The van der Waals surface area contributed by atoms with Gasteiger partial charge < -0.3 is 5.11 Å². The van der Waals surface area contributed by atoms with Crippen molar-refractivity contribution >= 4 is 21.6 Å². The van der Waals surface area contributed by atoms with E-state index in [0.717, 1.165) is 0 Å². The van der Waals surface area contributed by atoms with Crippen LogP contribution in [0.1, 0.15) is 27.7 Å². The maximum atomic E-state index is 11.7. The minimum atomic E-state index is -3.05. The summed E-state index contributed by atoms with van der Waals surface area (Å²) in [4.78, 5) is 5.23. The Hall–Kier alpha value is -1.64. The number of sulfone groups is 1. The van der Waals surface area contributed by atoms with Crippen LogP contribution in [0.4, 0.5) is 5.88 Å². The molecule has 0 spiro atoms. The number of hydrogen-bond acceptors (Lipinski definition) is 7. The summed E-state index contributed by atoms with van der Waals surface area (Å²) >= 11 is 0. The van der Waals surface area contributed by atoms with Crippen molar-refractivity contribution in [2.24, 2.45) is 10.9 Å². The molecule has 0 amide bonds. The number of aromatic nitrogens is 2. The molecular weight excluding hydrogens is 296 g/mol. The Morgan fingerprint density at radius 1 is 1.57 bits per heavy atom. The zero-order chi connectivity index (χ0) is 15.8. The van der Waals surface area contributed by atoms with E-state index in [1.54, 1.807) is 18.9 Å². The van der Waals surface area contributed by atoms with Crippen LogP contribution in [0.2, 0.25) is 0 Å². The lowest BCUT2D eigenvalue weighted by atomic mass is 10.1. The largest absolute Gasteiger partial charge is 0.861 e. The number of rotatable bonds is 3. The van der Waals surface area contributed by atoms with Gasteiger partial charge in [-0.3, -0.25) is 4.52 Å². The third kappa shape index (κ3) is 3.52. The molecule has 0 unspecified atom stereocenters. The number of aliphatic imine (C=N–C) groups is 1. The molecule has 21 heavy (non-hydrogen) atoms. The highest BCUT2D eigenvalue weighted by Crippen LogP contribution is 2.19. The molecule has 1 aromatic heterocycles. The molecule has 9 heteroatoms. The van der Waals surface area contributed by atoms with Gasteiger partial charge in [-0.15, -0.1) is 5.01 Å². The van der Waals surface area contributed by atoms with E-state index in [4.69, 9.17) is 4.52 Å². The quantitative estimate of drug-likeness (QED) is 0.409. The van der Waals surface area contributed by atoms with Crippen LogP contribution in [-0.4, -0.2) is 43.2 Å². The summed E-state index contributed by atoms with van der Waals surface area (Å²) in [7, 11) is -3.05. The summed E-state index contributed by atoms with van der Waals surface area (Å²) in [6, 6.07) is 0. The van der Waals surface area contributed by atoms with E-state index in [2.05, 4.69) is 10.3 Å². The topological polar surface area (TPSA) is 103 Å². The van der Waals surface area contributed by atoms with E-state index in [-0.39, 0.29) is 29.2 Å². The molecule has 2 rings (SSSR count). The average molecular weight is 316 g/mol. The van der Waals surface area contributed by atoms with E-state index < -0.39 is 15.4 Å². The van der Waals surface area contributed by atoms with Gasteiger partial charge in [0.15, 0.2) is 9.84 Å². The molecule has 0 aliphatic carbocycles. The van der Waals surface area contributed by atoms with Crippen LogP contribution < -0.4 is 14.9 Å². The maximum absolute atomic E-state index is 11.7. The van der Waals surface area contributed by atoms with Gasteiger partial charge in [0, 0.05) is 0 Å². The van der Waals surface area contributed by atoms with E-state index in [9.17, 15) is 13.5 Å². The van der Waals surface area contributed by atoms with Gasteiger partial charge in [-0.2, -0.15) is 0 Å². The molecule has 0 N–H and O–H groups in total. The van der Waals surface area contributed by atoms with Crippen molar-refractivity contribution in [3.05, 3.63) is 6.20 Å². The Labute approximate surface area is 123 Å². The van der Waals surface area contributed by atoms with Crippen LogP contribution in [0.5, 0.6) is 0 Å². The van der Waals surface area contributed by atoms with Gasteiger partial charge in [0.2, 0.25) is 5.27 Å². The zero-order valence-electron chi connectivity index (χ0n) is 12.6. The van der Waals surface area contributed by atoms with Crippen LogP contribution in [-0.2, 0) is 9.84 Å². The van der Waals surface area contributed by atoms with Crippen LogP contribution in [0.25, 0.3) is 0 Å². The molecule has 8 nitrogen and oxygen atoms in total. The summed E-state index contributed by atoms with van der Waals surface area (Å²) < 4.78 is 28.5. The Morgan fingerprint density at radius 3 is 2.81 bits per heavy atom. The van der Waals surface area contributed by atoms with Crippen molar-refractivity contribution in [2.45, 2.75) is 33.2 Å². The van der Waals surface area contributed by atoms with E-state index in [1.165, 1.54) is 11.0 Å². The Kier molecular flexibility index (Phi) is 3.96. The average Bonchev–Trinajstić information content (AvgIpc) is 2.74. The van der Waals surface area contributed by atoms with Gasteiger partial charge in [-0.25, -0.2) is 13.4 Å². The van der Waals surface area contributed by atoms with Crippen molar-refractivity contribution < 1.29 is 22.8 Å². The van der Waals surface area contributed by atoms with E-state index in [0.29, 0.717) is 6.54 Å². The Morgan fingerprint density at radius 2 is 2.24 bits per heavy atom. The number of nitrogens with zero attached hydrogens (tertiary/aromatic N) is 4. The highest BCUT2D eigenvalue weighted by molar-refractivity contribution is 7.91. The fourth-order valence-electron chi connectivity index (χ4n) is 2.22. The molecule has 118 valence electrons. The van der Waals surface area contributed by atoms with Gasteiger partial charge in [0.1, 0.15) is 5.54 Å². The predicted octanol–water partition coefficient (Wildman–Crippen LogP) is -0.847. The molecular formula is C12H20N4O4S. The molecule has 1 aromatic rings. The smallest absolute Gasteiger partial charge is 0.324 e. The molecule has 0 aromatic carbocycles. The zero-order valence-corrected chi connectivity index (χ0v) is 13.4. The van der Waals surface area contributed by atoms with Gasteiger partial charge in [0.25, 0.3) is 6.20 Å². The van der Waals surface area contributed by atoms with Crippen molar-refractivity contribution in [1.82, 2.24) is 5.27 Å². The summed E-state index contributed by atoms with van der Waals surface area (Å²) in [5, 5.41) is 17.2. The van der Waals surface area contributed by atoms with Crippen molar-refractivity contribution in [2.75, 3.05) is 23.1 Å². The second-order valence-electron chi connectivity index (χ2n) is 6.09. The molecule has 0 saturated carbocycles. The molecule has 0 bridgehead atoms. The van der Waals surface area contributed by atoms with Gasteiger partial charge in [-0.1, -0.05) is 13.8 Å². The highest BCUT2D eigenvalue weighted by atomic mass is 32.2. The monoisotopic (exact) mass is 316 g/mol. The predicted molar refractivity (Wildman–Crippen MR) is 74.4 cm³/mol. The molecule has 0 radical (unpaired) electrons. The first-order valence-electron chi connectivity index (χ1n) is 6.73. The van der Waals surface area contributed by atoms with Crippen LogP contribution in [0, 0.1) is 5.92 Å². The van der Waals surface area contributed by atoms with E-state index >= 15 is 0 Å². The summed E-state index contributed by atoms with van der Waals surface area (Å²) in [5.74, 6) is -0.304. The van der Waals surface area contributed by atoms with Crippen molar-refractivity contribution in [3.63, 3.8) is 0 Å². The second kappa shape index (κ2) is 5.28. The van der Waals surface area contributed by atoms with Gasteiger partial charge in [-0.05, 0) is 25.7 Å². The Bertz CT molecular complexity index is 648. The summed E-state index contributed by atoms with van der Waals surface area (Å²) in [6.07, 6.45) is 1.49. The lowest BCUT2D eigenvalue weighted by molar-refractivity contribution is -0.764. The third-order valence-corrected chi connectivity index (χ3v) is 5.24. The molecule has 1 aliphatic heterocycles. The first kappa shape index (κ1) is 15.7. The molecule has 1 aliphatic rings. The second-order valence-corrected chi connectivity index (χ2v) is 8.28. The maximum Gasteiger partial charge on any atom is 0.324 e. The third-order valence-electron chi connectivity index (χ3n) is 3.29. The molecule has 0 atom stereocenters. The normalized spacial score (nSPS) is 21.8. The SMILES string of the molecule is CC(C)C([O-])=Nc1c[n+](N2CCS(=O)(=O)CC2(C)C)no1. The molecule has 1 fully saturated rings. The highest BCUT2D eigenvalue weighted by Gasteiger charge is 2.44. The first-order chi connectivity index (χ1) is 9.61. The van der Waals surface area contributed by atoms with Gasteiger partial charge >= 0.3 is 5.88 Å². The molecule has 2 heterocycles. The fourth-order valence-corrected chi connectivity index (χ4v) is 4.04. The van der Waals surface area contributed by atoms with Crippen LogP contribution in [0.15, 0.2) is 15.7 Å². The minimum Gasteiger partial charge on any atom is -0.861 e. The summed E-state index contributed by atoms with van der Waals surface area (Å²) in [5.41, 5.74) is -0.613. The van der Waals surface area contributed by atoms with E-state index in [1.807, 2.05) is 13.8 Å². The van der Waals surface area contributed by atoms with Crippen LogP contribution in [0.3, 0.4) is 0 Å².